The normalized spacial score (nSPS) is 17.6. The minimum atomic E-state index is 0.517. The molecule has 2 aromatic rings. The summed E-state index contributed by atoms with van der Waals surface area (Å²) in [6.45, 7) is 1.75. The molecule has 1 N–H and O–H groups in total. The number of para-hydroxylation sites is 1. The first-order valence-corrected chi connectivity index (χ1v) is 6.57. The van der Waals surface area contributed by atoms with Gasteiger partial charge in [-0.1, -0.05) is 18.2 Å². The average molecular weight is 255 g/mol. The van der Waals surface area contributed by atoms with E-state index in [-0.39, 0.29) is 0 Å². The quantitative estimate of drug-likeness (QED) is 0.913. The van der Waals surface area contributed by atoms with Crippen molar-refractivity contribution in [3.05, 3.63) is 42.2 Å². The number of nitrogens with zero attached hydrogens (tertiary/aromatic N) is 2. The van der Waals surface area contributed by atoms with E-state index >= 15 is 0 Å². The number of benzene rings is 1. The highest BCUT2D eigenvalue weighted by atomic mass is 16.5. The van der Waals surface area contributed by atoms with E-state index in [1.807, 2.05) is 13.1 Å². The first kappa shape index (κ1) is 12.1. The predicted octanol–water partition coefficient (Wildman–Crippen LogP) is 2.23. The number of ether oxygens (including phenoxy) is 1. The molecule has 0 saturated heterocycles. The number of rotatable bonds is 3. The molecule has 0 saturated carbocycles. The van der Waals surface area contributed by atoms with Gasteiger partial charge in [-0.2, -0.15) is 10.2 Å². The van der Waals surface area contributed by atoms with Gasteiger partial charge in [0.15, 0.2) is 0 Å². The molecule has 0 amide bonds. The van der Waals surface area contributed by atoms with E-state index in [2.05, 4.69) is 33.7 Å². The van der Waals surface area contributed by atoms with Crippen LogP contribution < -0.4 is 10.1 Å². The van der Waals surface area contributed by atoms with Crippen LogP contribution >= 0.6 is 0 Å². The number of aromatic nitrogens is 2. The molecule has 19 heavy (non-hydrogen) atoms. The molecule has 2 heterocycles. The minimum absolute atomic E-state index is 0.517. The van der Waals surface area contributed by atoms with Crippen molar-refractivity contribution in [2.75, 3.05) is 20.2 Å². The van der Waals surface area contributed by atoms with Crippen LogP contribution in [0.15, 0.2) is 36.7 Å². The molecule has 98 valence electrons. The lowest BCUT2D eigenvalue weighted by Gasteiger charge is -2.27. The number of hydrogen-bond acceptors (Lipinski definition) is 4. The molecule has 0 bridgehead atoms. The third-order valence-corrected chi connectivity index (χ3v) is 3.54. The maximum atomic E-state index is 5.91. The lowest BCUT2D eigenvalue weighted by molar-refractivity contribution is 0.267. The van der Waals surface area contributed by atoms with Crippen LogP contribution in [0.1, 0.15) is 17.9 Å². The number of likely N-dealkylation sites (N-methyl/N-ethyl adjacent to an activating group) is 1. The van der Waals surface area contributed by atoms with Gasteiger partial charge in [0.1, 0.15) is 5.75 Å². The summed E-state index contributed by atoms with van der Waals surface area (Å²) in [5.41, 5.74) is 3.44. The first-order chi connectivity index (χ1) is 9.40. The van der Waals surface area contributed by atoms with Gasteiger partial charge in [-0.25, -0.2) is 0 Å². The van der Waals surface area contributed by atoms with Gasteiger partial charge in [0.2, 0.25) is 0 Å². The second-order valence-corrected chi connectivity index (χ2v) is 4.75. The second kappa shape index (κ2) is 5.36. The van der Waals surface area contributed by atoms with Gasteiger partial charge in [0, 0.05) is 23.6 Å². The molecular weight excluding hydrogens is 238 g/mol. The monoisotopic (exact) mass is 255 g/mol. The van der Waals surface area contributed by atoms with Crippen molar-refractivity contribution in [2.45, 2.75) is 12.3 Å². The van der Waals surface area contributed by atoms with Crippen LogP contribution in [-0.4, -0.2) is 30.4 Å². The molecule has 4 nitrogen and oxygen atoms in total. The Kier molecular flexibility index (Phi) is 3.42. The maximum absolute atomic E-state index is 5.91. The summed E-state index contributed by atoms with van der Waals surface area (Å²) in [6, 6.07) is 8.30. The molecule has 0 fully saturated rings. The Morgan fingerprint density at radius 3 is 3.05 bits per heavy atom. The molecule has 1 aromatic heterocycles. The van der Waals surface area contributed by atoms with Crippen LogP contribution in [0.2, 0.25) is 0 Å². The predicted molar refractivity (Wildman–Crippen MR) is 74.2 cm³/mol. The molecule has 0 radical (unpaired) electrons. The van der Waals surface area contributed by atoms with Gasteiger partial charge in [-0.05, 0) is 25.1 Å². The fourth-order valence-corrected chi connectivity index (χ4v) is 2.63. The fraction of sp³-hybridized carbons (Fsp3) is 0.333. The summed E-state index contributed by atoms with van der Waals surface area (Å²) in [5.74, 6) is 1.52. The summed E-state index contributed by atoms with van der Waals surface area (Å²) in [7, 11) is 1.99. The second-order valence-electron chi connectivity index (χ2n) is 4.75. The van der Waals surface area contributed by atoms with Crippen molar-refractivity contribution in [1.29, 1.82) is 0 Å². The smallest absolute Gasteiger partial charge is 0.130 e. The summed E-state index contributed by atoms with van der Waals surface area (Å²) in [4.78, 5) is 0. The summed E-state index contributed by atoms with van der Waals surface area (Å²) in [6.07, 6.45) is 4.55. The Bertz CT molecular complexity index is 557. The zero-order valence-corrected chi connectivity index (χ0v) is 11.0. The van der Waals surface area contributed by atoms with Crippen molar-refractivity contribution in [3.63, 3.8) is 0 Å². The van der Waals surface area contributed by atoms with E-state index in [1.54, 1.807) is 12.4 Å². The minimum Gasteiger partial charge on any atom is -0.493 e. The van der Waals surface area contributed by atoms with Crippen molar-refractivity contribution in [1.82, 2.24) is 15.5 Å². The lowest BCUT2D eigenvalue weighted by atomic mass is 9.90. The Balaban J connectivity index is 2.06. The summed E-state index contributed by atoms with van der Waals surface area (Å²) >= 11 is 0. The van der Waals surface area contributed by atoms with Crippen LogP contribution in [0.4, 0.5) is 0 Å². The molecule has 4 heteroatoms. The third-order valence-electron chi connectivity index (χ3n) is 3.54. The maximum Gasteiger partial charge on any atom is 0.130 e. The van der Waals surface area contributed by atoms with Crippen LogP contribution in [-0.2, 0) is 0 Å². The summed E-state index contributed by atoms with van der Waals surface area (Å²) in [5, 5.41) is 11.0. The van der Waals surface area contributed by atoms with Gasteiger partial charge in [0.25, 0.3) is 0 Å². The zero-order valence-electron chi connectivity index (χ0n) is 11.0. The highest BCUT2D eigenvalue weighted by Gasteiger charge is 2.23. The van der Waals surface area contributed by atoms with Gasteiger partial charge in [0.05, 0.1) is 19.0 Å². The number of fused-ring (bicyclic) bond motifs is 1. The van der Waals surface area contributed by atoms with E-state index in [1.165, 1.54) is 5.56 Å². The van der Waals surface area contributed by atoms with E-state index in [4.69, 9.17) is 4.74 Å². The Hall–Kier alpha value is -1.94. The molecule has 1 aliphatic rings. The average Bonchev–Trinajstić information content (AvgIpc) is 2.48. The largest absolute Gasteiger partial charge is 0.493 e. The van der Waals surface area contributed by atoms with Crippen LogP contribution in [0, 0.1) is 0 Å². The van der Waals surface area contributed by atoms with Gasteiger partial charge in [-0.3, -0.25) is 0 Å². The highest BCUT2D eigenvalue weighted by Crippen LogP contribution is 2.40. The number of hydrogen-bond donors (Lipinski definition) is 1. The van der Waals surface area contributed by atoms with Gasteiger partial charge >= 0.3 is 0 Å². The molecule has 0 aliphatic carbocycles. The third kappa shape index (κ3) is 2.31. The number of nitrogens with one attached hydrogen (secondary N) is 1. The SMILES string of the molecule is CNC[C@@H]1CCOc2c(-c3ccnnc3)cccc21. The van der Waals surface area contributed by atoms with Crippen LogP contribution in [0.5, 0.6) is 5.75 Å². The van der Waals surface area contributed by atoms with Crippen molar-refractivity contribution in [2.24, 2.45) is 0 Å². The first-order valence-electron chi connectivity index (χ1n) is 6.57. The molecule has 3 rings (SSSR count). The van der Waals surface area contributed by atoms with E-state index in [0.717, 1.165) is 36.4 Å². The van der Waals surface area contributed by atoms with Crippen molar-refractivity contribution < 1.29 is 4.74 Å². The molecule has 0 unspecified atom stereocenters. The van der Waals surface area contributed by atoms with E-state index in [0.29, 0.717) is 5.92 Å². The Morgan fingerprint density at radius 2 is 2.26 bits per heavy atom. The van der Waals surface area contributed by atoms with Gasteiger partial charge < -0.3 is 10.1 Å². The molecular formula is C15H17N3O. The van der Waals surface area contributed by atoms with Crippen LogP contribution in [0.3, 0.4) is 0 Å². The lowest BCUT2D eigenvalue weighted by Crippen LogP contribution is -2.23. The Labute approximate surface area is 112 Å². The summed E-state index contributed by atoms with van der Waals surface area (Å²) < 4.78 is 5.91. The molecule has 1 aromatic carbocycles. The van der Waals surface area contributed by atoms with Gasteiger partial charge in [-0.15, -0.1) is 0 Å². The fourth-order valence-electron chi connectivity index (χ4n) is 2.63. The van der Waals surface area contributed by atoms with E-state index in [9.17, 15) is 0 Å². The van der Waals surface area contributed by atoms with E-state index < -0.39 is 0 Å². The standard InChI is InChI=1S/C15H17N3O/c1-16-9-12-6-8-19-15-13(3-2-4-14(12)15)11-5-7-17-18-10-11/h2-5,7,10,12,16H,6,8-9H2,1H3/t12-/m0/s1. The molecule has 1 aliphatic heterocycles. The van der Waals surface area contributed by atoms with Crippen molar-refractivity contribution >= 4 is 0 Å². The topological polar surface area (TPSA) is 47.0 Å². The Morgan fingerprint density at radius 1 is 1.32 bits per heavy atom. The van der Waals surface area contributed by atoms with Crippen LogP contribution in [0.25, 0.3) is 11.1 Å². The molecule has 0 spiro atoms. The zero-order chi connectivity index (χ0) is 13.1. The van der Waals surface area contributed by atoms with Crippen molar-refractivity contribution in [3.8, 4) is 16.9 Å². The molecule has 1 atom stereocenters. The highest BCUT2D eigenvalue weighted by molar-refractivity contribution is 5.72.